The molecule has 0 N–H and O–H groups in total. The first-order valence-electron chi connectivity index (χ1n) is 10.3. The van der Waals surface area contributed by atoms with Gasteiger partial charge in [0.05, 0.1) is 11.4 Å². The average molecular weight is 417 g/mol. The second-order valence-electron chi connectivity index (χ2n) is 8.38. The van der Waals surface area contributed by atoms with E-state index in [1.54, 1.807) is 18.1 Å². The second-order valence-corrected chi connectivity index (χ2v) is 8.38. The maximum absolute atomic E-state index is 12.6. The summed E-state index contributed by atoms with van der Waals surface area (Å²) in [6.07, 6.45) is 3.46. The molecule has 0 amide bonds. The van der Waals surface area contributed by atoms with Gasteiger partial charge in [-0.1, -0.05) is 25.1 Å². The van der Waals surface area contributed by atoms with Crippen LogP contribution in [0.5, 0.6) is 5.75 Å². The van der Waals surface area contributed by atoms with Gasteiger partial charge in [0.15, 0.2) is 5.84 Å². The van der Waals surface area contributed by atoms with Crippen molar-refractivity contribution in [3.63, 3.8) is 0 Å². The lowest BCUT2D eigenvalue weighted by Gasteiger charge is -2.41. The number of benzene rings is 1. The predicted molar refractivity (Wildman–Crippen MR) is 111 cm³/mol. The van der Waals surface area contributed by atoms with Gasteiger partial charge >= 0.3 is 6.36 Å². The summed E-state index contributed by atoms with van der Waals surface area (Å²) in [5.74, 6) is 0.159. The molecule has 0 bridgehead atoms. The first kappa shape index (κ1) is 20.7. The molecule has 160 valence electrons. The van der Waals surface area contributed by atoms with Crippen molar-refractivity contribution < 1.29 is 17.9 Å². The highest BCUT2D eigenvalue weighted by molar-refractivity contribution is 6.06. The molecule has 1 spiro atoms. The fraction of sp³-hybridized carbons (Fsp3) is 0.478. The predicted octanol–water partition coefficient (Wildman–Crippen LogP) is 6.21. The van der Waals surface area contributed by atoms with Crippen LogP contribution in [0.4, 0.5) is 13.2 Å². The van der Waals surface area contributed by atoms with Crippen LogP contribution in [0.15, 0.2) is 57.8 Å². The van der Waals surface area contributed by atoms with Crippen LogP contribution in [0.1, 0.15) is 57.4 Å². The minimum absolute atomic E-state index is 0.286. The molecule has 0 aromatic heterocycles. The summed E-state index contributed by atoms with van der Waals surface area (Å²) >= 11 is 0. The Labute approximate surface area is 174 Å². The highest BCUT2D eigenvalue weighted by Gasteiger charge is 2.40. The monoisotopic (exact) mass is 417 g/mol. The van der Waals surface area contributed by atoms with Gasteiger partial charge in [0.1, 0.15) is 5.75 Å². The third kappa shape index (κ3) is 3.89. The number of nitrogens with zero attached hydrogens (tertiary/aromatic N) is 3. The van der Waals surface area contributed by atoms with E-state index in [9.17, 15) is 13.2 Å². The molecular weight excluding hydrogens is 391 g/mol. The Bertz CT molecular complexity index is 955. The van der Waals surface area contributed by atoms with Crippen LogP contribution in [0, 0.1) is 5.41 Å². The van der Waals surface area contributed by atoms with Gasteiger partial charge in [0.2, 0.25) is 0 Å². The largest absolute Gasteiger partial charge is 0.573 e. The lowest BCUT2D eigenvalue weighted by atomic mass is 9.64. The topological polar surface area (TPSA) is 37.2 Å². The lowest BCUT2D eigenvalue weighted by Crippen LogP contribution is -2.32. The molecule has 1 heterocycles. The third-order valence-corrected chi connectivity index (χ3v) is 6.62. The maximum atomic E-state index is 12.6. The van der Waals surface area contributed by atoms with Gasteiger partial charge in [0, 0.05) is 12.6 Å². The van der Waals surface area contributed by atoms with Gasteiger partial charge in [-0.3, -0.25) is 4.99 Å². The van der Waals surface area contributed by atoms with E-state index in [1.165, 1.54) is 55.0 Å². The van der Waals surface area contributed by atoms with Gasteiger partial charge < -0.3 is 4.74 Å². The van der Waals surface area contributed by atoms with Crippen LogP contribution in [-0.4, -0.2) is 30.0 Å². The Kier molecular flexibility index (Phi) is 5.24. The van der Waals surface area contributed by atoms with Crippen molar-refractivity contribution in [2.24, 2.45) is 15.5 Å². The number of allylic oxidation sites excluding steroid dienone is 2. The number of aliphatic imine (C=N–C) groups is 1. The van der Waals surface area contributed by atoms with Crippen LogP contribution in [0.2, 0.25) is 0 Å². The summed E-state index contributed by atoms with van der Waals surface area (Å²) in [7, 11) is 1.60. The summed E-state index contributed by atoms with van der Waals surface area (Å²) < 4.78 is 42.0. The highest BCUT2D eigenvalue weighted by Crippen LogP contribution is 2.52. The third-order valence-electron chi connectivity index (χ3n) is 6.62. The van der Waals surface area contributed by atoms with E-state index >= 15 is 0 Å². The molecule has 4 nitrogen and oxygen atoms in total. The van der Waals surface area contributed by atoms with Crippen LogP contribution in [0.25, 0.3) is 0 Å². The minimum atomic E-state index is -4.75. The van der Waals surface area contributed by atoms with Crippen molar-refractivity contribution in [3.05, 3.63) is 53.3 Å². The summed E-state index contributed by atoms with van der Waals surface area (Å²) in [5, 5.41) is 6.40. The zero-order chi connectivity index (χ0) is 21.5. The fourth-order valence-corrected chi connectivity index (χ4v) is 4.85. The molecule has 0 unspecified atom stereocenters. The Hall–Kier alpha value is -2.57. The Morgan fingerprint density at radius 2 is 1.87 bits per heavy atom. The highest BCUT2D eigenvalue weighted by atomic mass is 19.4. The molecule has 1 aromatic carbocycles. The molecule has 4 rings (SSSR count). The van der Waals surface area contributed by atoms with Gasteiger partial charge in [-0.05, 0) is 74.1 Å². The number of hydrogen-bond donors (Lipinski definition) is 0. The van der Waals surface area contributed by atoms with Crippen molar-refractivity contribution >= 4 is 11.5 Å². The van der Waals surface area contributed by atoms with Crippen molar-refractivity contribution in [1.29, 1.82) is 0 Å². The Balaban J connectivity index is 1.62. The van der Waals surface area contributed by atoms with Crippen molar-refractivity contribution in [3.8, 4) is 5.75 Å². The molecule has 1 saturated carbocycles. The molecule has 1 aliphatic heterocycles. The van der Waals surface area contributed by atoms with E-state index in [-0.39, 0.29) is 5.75 Å². The lowest BCUT2D eigenvalue weighted by molar-refractivity contribution is -0.274. The molecule has 1 aromatic rings. The quantitative estimate of drug-likeness (QED) is 0.424. The van der Waals surface area contributed by atoms with Crippen LogP contribution in [-0.2, 0) is 0 Å². The van der Waals surface area contributed by atoms with Crippen molar-refractivity contribution in [2.75, 3.05) is 7.05 Å². The standard InChI is InChI=1S/C23H26F3N3O/c1-15-19-8-12-22(10-5-11-22)13-9-20(19)16(2)29(28-15)21(27-3)17-6-4-7-18(14-17)30-23(24,25)26/h4,6-7,14H,2,5,8-13H2,1,3H3. The Morgan fingerprint density at radius 1 is 1.17 bits per heavy atom. The maximum Gasteiger partial charge on any atom is 0.573 e. The van der Waals surface area contributed by atoms with Crippen molar-refractivity contribution in [2.45, 2.75) is 58.2 Å². The van der Waals surface area contributed by atoms with E-state index in [4.69, 9.17) is 5.10 Å². The summed E-state index contributed by atoms with van der Waals surface area (Å²) in [6.45, 7) is 6.28. The minimum Gasteiger partial charge on any atom is -0.406 e. The first-order valence-corrected chi connectivity index (χ1v) is 10.3. The summed E-state index contributed by atoms with van der Waals surface area (Å²) in [5.41, 5.74) is 5.12. The number of alkyl halides is 3. The molecule has 3 aliphatic rings. The van der Waals surface area contributed by atoms with Crippen LogP contribution >= 0.6 is 0 Å². The van der Waals surface area contributed by atoms with E-state index in [1.807, 2.05) is 6.92 Å². The van der Waals surface area contributed by atoms with Gasteiger partial charge in [-0.2, -0.15) is 5.10 Å². The smallest absolute Gasteiger partial charge is 0.406 e. The fourth-order valence-electron chi connectivity index (χ4n) is 4.85. The summed E-state index contributed by atoms with van der Waals surface area (Å²) in [6, 6.07) is 5.81. The molecule has 0 saturated heterocycles. The second kappa shape index (κ2) is 7.60. The van der Waals surface area contributed by atoms with Crippen LogP contribution < -0.4 is 4.74 Å². The molecular formula is C23H26F3N3O. The molecule has 0 radical (unpaired) electrons. The van der Waals surface area contributed by atoms with E-state index < -0.39 is 6.36 Å². The zero-order valence-corrected chi connectivity index (χ0v) is 17.4. The van der Waals surface area contributed by atoms with E-state index in [0.717, 1.165) is 30.7 Å². The number of halogens is 3. The SMILES string of the molecule is C=C1C2=C(CCC3(CCC3)CC2)C(C)=NN1C(=NC)c1cccc(OC(F)(F)F)c1. The first-order chi connectivity index (χ1) is 14.2. The molecule has 30 heavy (non-hydrogen) atoms. The molecule has 1 fully saturated rings. The van der Waals surface area contributed by atoms with E-state index in [0.29, 0.717) is 16.8 Å². The molecule has 2 aliphatic carbocycles. The average Bonchev–Trinajstić information content (AvgIpc) is 2.86. The number of hydrazone groups is 1. The summed E-state index contributed by atoms with van der Waals surface area (Å²) in [4.78, 5) is 4.34. The number of amidine groups is 1. The number of ether oxygens (including phenoxy) is 1. The molecule has 0 atom stereocenters. The van der Waals surface area contributed by atoms with Gasteiger partial charge in [-0.15, -0.1) is 13.2 Å². The normalized spacial score (nSPS) is 21.8. The van der Waals surface area contributed by atoms with Crippen molar-refractivity contribution in [1.82, 2.24) is 5.01 Å². The van der Waals surface area contributed by atoms with Gasteiger partial charge in [-0.25, -0.2) is 5.01 Å². The zero-order valence-electron chi connectivity index (χ0n) is 17.4. The van der Waals surface area contributed by atoms with E-state index in [2.05, 4.69) is 16.3 Å². The van der Waals surface area contributed by atoms with Crippen LogP contribution in [0.3, 0.4) is 0 Å². The number of rotatable bonds is 2. The molecule has 7 heteroatoms. The Morgan fingerprint density at radius 3 is 2.47 bits per heavy atom. The number of hydrogen-bond acceptors (Lipinski definition) is 3. The van der Waals surface area contributed by atoms with Gasteiger partial charge in [0.25, 0.3) is 0 Å².